The van der Waals surface area contributed by atoms with Crippen LogP contribution in [-0.4, -0.2) is 26.2 Å². The molecule has 0 aromatic heterocycles. The summed E-state index contributed by atoms with van der Waals surface area (Å²) in [7, 11) is 1.64. The summed E-state index contributed by atoms with van der Waals surface area (Å²) in [5.74, 6) is 0.375. The smallest absolute Gasteiger partial charge is 0.220 e. The van der Waals surface area contributed by atoms with E-state index in [-0.39, 0.29) is 11.8 Å². The first kappa shape index (κ1) is 12.2. The van der Waals surface area contributed by atoms with Crippen molar-refractivity contribution in [2.75, 3.05) is 20.3 Å². The van der Waals surface area contributed by atoms with Crippen LogP contribution >= 0.6 is 0 Å². The van der Waals surface area contributed by atoms with E-state index >= 15 is 0 Å². The molecule has 0 saturated carbocycles. The highest BCUT2D eigenvalue weighted by Gasteiger charge is 2.07. The number of ether oxygens (including phenoxy) is 1. The fourth-order valence-corrected chi connectivity index (χ4v) is 1.05. The first-order chi connectivity index (χ1) is 6.20. The molecule has 0 aromatic rings. The molecule has 0 spiro atoms. The molecule has 0 aromatic carbocycles. The fraction of sp³-hybridized carbons (Fsp3) is 0.700. The topological polar surface area (TPSA) is 38.3 Å². The number of methoxy groups -OCH3 is 1. The lowest BCUT2D eigenvalue weighted by atomic mass is 10.1. The van der Waals surface area contributed by atoms with E-state index in [1.54, 1.807) is 13.2 Å². The summed E-state index contributed by atoms with van der Waals surface area (Å²) in [6.07, 6.45) is 3.15. The summed E-state index contributed by atoms with van der Waals surface area (Å²) in [5, 5.41) is 2.81. The van der Waals surface area contributed by atoms with Crippen LogP contribution in [0.3, 0.4) is 0 Å². The van der Waals surface area contributed by atoms with E-state index in [1.807, 2.05) is 6.92 Å². The molecule has 0 aliphatic carbocycles. The van der Waals surface area contributed by atoms with Gasteiger partial charge >= 0.3 is 0 Å². The Labute approximate surface area is 80.2 Å². The second-order valence-corrected chi connectivity index (χ2v) is 3.19. The van der Waals surface area contributed by atoms with Gasteiger partial charge < -0.3 is 10.1 Å². The standard InChI is InChI=1S/C10H19NO2/c1-4-5-6-11-10(12)7-9(2)8-13-3/h4,9H,1,5-8H2,2-3H3,(H,11,12). The number of hydrogen-bond donors (Lipinski definition) is 1. The van der Waals surface area contributed by atoms with Crippen LogP contribution in [0.5, 0.6) is 0 Å². The first-order valence-electron chi connectivity index (χ1n) is 4.57. The Morgan fingerprint density at radius 2 is 2.38 bits per heavy atom. The van der Waals surface area contributed by atoms with Gasteiger partial charge in [0.25, 0.3) is 0 Å². The Hall–Kier alpha value is -0.830. The highest BCUT2D eigenvalue weighted by atomic mass is 16.5. The van der Waals surface area contributed by atoms with Gasteiger partial charge in [-0.25, -0.2) is 0 Å². The monoisotopic (exact) mass is 185 g/mol. The van der Waals surface area contributed by atoms with E-state index in [0.29, 0.717) is 19.6 Å². The molecule has 0 aliphatic heterocycles. The van der Waals surface area contributed by atoms with Crippen molar-refractivity contribution in [3.05, 3.63) is 12.7 Å². The summed E-state index contributed by atoms with van der Waals surface area (Å²) in [5.41, 5.74) is 0. The van der Waals surface area contributed by atoms with Gasteiger partial charge in [-0.15, -0.1) is 6.58 Å². The maximum atomic E-state index is 11.2. The second-order valence-electron chi connectivity index (χ2n) is 3.19. The molecule has 1 N–H and O–H groups in total. The third-order valence-electron chi connectivity index (χ3n) is 1.66. The Balaban J connectivity index is 3.43. The van der Waals surface area contributed by atoms with Gasteiger partial charge in [0.05, 0.1) is 0 Å². The normalized spacial score (nSPS) is 12.2. The zero-order valence-electron chi connectivity index (χ0n) is 8.51. The van der Waals surface area contributed by atoms with Gasteiger partial charge in [-0.1, -0.05) is 13.0 Å². The van der Waals surface area contributed by atoms with Crippen LogP contribution < -0.4 is 5.32 Å². The molecule has 1 atom stereocenters. The van der Waals surface area contributed by atoms with Crippen LogP contribution in [0.2, 0.25) is 0 Å². The Morgan fingerprint density at radius 3 is 2.92 bits per heavy atom. The van der Waals surface area contributed by atoms with Gasteiger partial charge in [0, 0.05) is 26.7 Å². The first-order valence-corrected chi connectivity index (χ1v) is 4.57. The molecule has 0 rings (SSSR count). The molecule has 1 unspecified atom stereocenters. The van der Waals surface area contributed by atoms with Gasteiger partial charge in [-0.05, 0) is 12.3 Å². The molecule has 76 valence electrons. The molecular weight excluding hydrogens is 166 g/mol. The van der Waals surface area contributed by atoms with Gasteiger partial charge in [-0.2, -0.15) is 0 Å². The molecule has 0 fully saturated rings. The summed E-state index contributed by atoms with van der Waals surface area (Å²) in [4.78, 5) is 11.2. The van der Waals surface area contributed by atoms with Gasteiger partial charge in [-0.3, -0.25) is 4.79 Å². The van der Waals surface area contributed by atoms with Crippen LogP contribution in [0.1, 0.15) is 19.8 Å². The molecular formula is C10H19NO2. The third-order valence-corrected chi connectivity index (χ3v) is 1.66. The van der Waals surface area contributed by atoms with Crippen LogP contribution in [0.15, 0.2) is 12.7 Å². The van der Waals surface area contributed by atoms with Crippen molar-refractivity contribution in [1.29, 1.82) is 0 Å². The van der Waals surface area contributed by atoms with Crippen molar-refractivity contribution in [2.45, 2.75) is 19.8 Å². The summed E-state index contributed by atoms with van der Waals surface area (Å²) in [6, 6.07) is 0. The maximum Gasteiger partial charge on any atom is 0.220 e. The third kappa shape index (κ3) is 7.53. The summed E-state index contributed by atoms with van der Waals surface area (Å²) in [6.45, 7) is 6.89. The Bertz CT molecular complexity index is 157. The van der Waals surface area contributed by atoms with Gasteiger partial charge in [0.2, 0.25) is 5.91 Å². The average Bonchev–Trinajstić information content (AvgIpc) is 2.05. The second kappa shape index (κ2) is 7.80. The number of rotatable bonds is 7. The van der Waals surface area contributed by atoms with Crippen LogP contribution in [0, 0.1) is 5.92 Å². The molecule has 3 heteroatoms. The Morgan fingerprint density at radius 1 is 1.69 bits per heavy atom. The number of hydrogen-bond acceptors (Lipinski definition) is 2. The SMILES string of the molecule is C=CCCNC(=O)CC(C)COC. The van der Waals surface area contributed by atoms with E-state index in [0.717, 1.165) is 6.42 Å². The summed E-state index contributed by atoms with van der Waals surface area (Å²) < 4.78 is 4.93. The molecule has 0 aliphatic rings. The van der Waals surface area contributed by atoms with Crippen molar-refractivity contribution in [3.63, 3.8) is 0 Å². The van der Waals surface area contributed by atoms with Crippen LogP contribution in [-0.2, 0) is 9.53 Å². The summed E-state index contributed by atoms with van der Waals surface area (Å²) >= 11 is 0. The van der Waals surface area contributed by atoms with Crippen molar-refractivity contribution in [2.24, 2.45) is 5.92 Å². The minimum absolute atomic E-state index is 0.0893. The quantitative estimate of drug-likeness (QED) is 0.480. The lowest BCUT2D eigenvalue weighted by molar-refractivity contribution is -0.122. The zero-order valence-corrected chi connectivity index (χ0v) is 8.51. The lowest BCUT2D eigenvalue weighted by Crippen LogP contribution is -2.26. The highest BCUT2D eigenvalue weighted by molar-refractivity contribution is 5.76. The van der Waals surface area contributed by atoms with E-state index in [4.69, 9.17) is 4.74 Å². The highest BCUT2D eigenvalue weighted by Crippen LogP contribution is 2.00. The van der Waals surface area contributed by atoms with Crippen molar-refractivity contribution >= 4 is 5.91 Å². The van der Waals surface area contributed by atoms with E-state index in [9.17, 15) is 4.79 Å². The van der Waals surface area contributed by atoms with Crippen molar-refractivity contribution in [1.82, 2.24) is 5.32 Å². The number of nitrogens with one attached hydrogen (secondary N) is 1. The zero-order chi connectivity index (χ0) is 10.1. The predicted octanol–water partition coefficient (Wildman–Crippen LogP) is 1.35. The van der Waals surface area contributed by atoms with Crippen molar-refractivity contribution < 1.29 is 9.53 Å². The molecule has 0 heterocycles. The van der Waals surface area contributed by atoms with Gasteiger partial charge in [0.15, 0.2) is 0 Å². The van der Waals surface area contributed by atoms with E-state index in [1.165, 1.54) is 0 Å². The fourth-order valence-electron chi connectivity index (χ4n) is 1.05. The minimum atomic E-state index is 0.0893. The van der Waals surface area contributed by atoms with Crippen molar-refractivity contribution in [3.8, 4) is 0 Å². The lowest BCUT2D eigenvalue weighted by Gasteiger charge is -2.09. The van der Waals surface area contributed by atoms with E-state index < -0.39 is 0 Å². The molecule has 0 bridgehead atoms. The molecule has 0 radical (unpaired) electrons. The number of carbonyl (C=O) groups excluding carboxylic acids is 1. The number of amides is 1. The molecule has 3 nitrogen and oxygen atoms in total. The maximum absolute atomic E-state index is 11.2. The molecule has 13 heavy (non-hydrogen) atoms. The van der Waals surface area contributed by atoms with Crippen LogP contribution in [0.25, 0.3) is 0 Å². The minimum Gasteiger partial charge on any atom is -0.384 e. The van der Waals surface area contributed by atoms with E-state index in [2.05, 4.69) is 11.9 Å². The predicted molar refractivity (Wildman–Crippen MR) is 53.5 cm³/mol. The Kier molecular flexibility index (Phi) is 7.30. The largest absolute Gasteiger partial charge is 0.384 e. The molecule has 1 amide bonds. The number of carbonyl (C=O) groups is 1. The average molecular weight is 185 g/mol. The molecule has 0 saturated heterocycles. The van der Waals surface area contributed by atoms with Gasteiger partial charge in [0.1, 0.15) is 0 Å². The van der Waals surface area contributed by atoms with Crippen LogP contribution in [0.4, 0.5) is 0 Å².